The Labute approximate surface area is 172 Å². The van der Waals surface area contributed by atoms with Gasteiger partial charge in [0.15, 0.2) is 5.82 Å². The lowest BCUT2D eigenvalue weighted by Gasteiger charge is -2.33. The number of ether oxygens (including phenoxy) is 1. The number of nitrogens with zero attached hydrogens (tertiary/aromatic N) is 3. The van der Waals surface area contributed by atoms with Crippen LogP contribution in [0.1, 0.15) is 19.8 Å². The van der Waals surface area contributed by atoms with Crippen molar-refractivity contribution in [3.8, 4) is 11.3 Å². The zero-order valence-corrected chi connectivity index (χ0v) is 17.1. The van der Waals surface area contributed by atoms with Crippen LogP contribution >= 0.6 is 0 Å². The van der Waals surface area contributed by atoms with Gasteiger partial charge in [-0.15, -0.1) is 0 Å². The molecular weight excluding hydrogens is 388 g/mol. The Bertz CT molecular complexity index is 920. The molecule has 1 fully saturated rings. The van der Waals surface area contributed by atoms with Crippen LogP contribution in [0.15, 0.2) is 66.6 Å². The minimum Gasteiger partial charge on any atom is -0.381 e. The third-order valence-corrected chi connectivity index (χ3v) is 6.90. The van der Waals surface area contributed by atoms with Crippen LogP contribution in [0.2, 0.25) is 0 Å². The number of aromatic nitrogens is 2. The van der Waals surface area contributed by atoms with Gasteiger partial charge in [-0.2, -0.15) is 0 Å². The lowest BCUT2D eigenvalue weighted by molar-refractivity contribution is -0.122. The second-order valence-electron chi connectivity index (χ2n) is 6.60. The van der Waals surface area contributed by atoms with E-state index in [0.29, 0.717) is 42.5 Å². The van der Waals surface area contributed by atoms with Crippen LogP contribution in [-0.2, 0) is 20.3 Å². The number of allylic oxidation sites excluding steroid dienone is 1. The average molecular weight is 413 g/mol. The van der Waals surface area contributed by atoms with Crippen molar-refractivity contribution in [2.24, 2.45) is 5.73 Å². The molecule has 0 spiro atoms. The van der Waals surface area contributed by atoms with Gasteiger partial charge in [0.05, 0.1) is 28.9 Å². The second-order valence-corrected chi connectivity index (χ2v) is 8.39. The largest absolute Gasteiger partial charge is 0.381 e. The Balaban J connectivity index is 1.82. The zero-order valence-electron chi connectivity index (χ0n) is 16.3. The second kappa shape index (κ2) is 9.11. The lowest BCUT2D eigenvalue weighted by Crippen LogP contribution is -2.51. The molecule has 1 saturated heterocycles. The number of carbonyl (C=O) groups excluding carboxylic acids is 1. The Morgan fingerprint density at radius 1 is 1.24 bits per heavy atom. The molecule has 0 aliphatic carbocycles. The molecule has 2 aromatic rings. The first-order valence-corrected chi connectivity index (χ1v) is 10.4. The third-order valence-electron chi connectivity index (χ3n) is 4.88. The van der Waals surface area contributed by atoms with Gasteiger partial charge in [-0.1, -0.05) is 24.8 Å². The summed E-state index contributed by atoms with van der Waals surface area (Å²) in [5.41, 5.74) is 7.13. The van der Waals surface area contributed by atoms with Gasteiger partial charge in [0.1, 0.15) is 4.75 Å². The van der Waals surface area contributed by atoms with E-state index in [9.17, 15) is 9.00 Å². The summed E-state index contributed by atoms with van der Waals surface area (Å²) in [6.45, 7) is 6.42. The molecule has 1 aliphatic heterocycles. The number of carbonyl (C=O) groups is 1. The molecule has 1 aliphatic rings. The molecule has 1 unspecified atom stereocenters. The molecule has 1 aromatic carbocycles. The summed E-state index contributed by atoms with van der Waals surface area (Å²) in [7, 11) is -1.55. The Hall–Kier alpha value is -2.84. The molecule has 2 N–H and O–H groups in total. The molecule has 1 aromatic heterocycles. The van der Waals surface area contributed by atoms with Crippen molar-refractivity contribution >= 4 is 22.5 Å². The maximum absolute atomic E-state index is 13.1. The predicted octanol–water partition coefficient (Wildman–Crippen LogP) is 2.77. The smallest absolute Gasteiger partial charge is 0.236 e. The lowest BCUT2D eigenvalue weighted by atomic mass is 9.98. The van der Waals surface area contributed by atoms with E-state index in [-0.39, 0.29) is 0 Å². The highest BCUT2D eigenvalue weighted by molar-refractivity contribution is 7.87. The van der Waals surface area contributed by atoms with Gasteiger partial charge in [-0.3, -0.25) is 14.0 Å². The van der Waals surface area contributed by atoms with Crippen LogP contribution in [0.3, 0.4) is 0 Å². The minimum absolute atomic E-state index is 0.357. The first-order chi connectivity index (χ1) is 14.0. The number of nitrogens with two attached hydrogens (primary N) is 1. The molecule has 152 valence electrons. The number of primary amides is 1. The van der Waals surface area contributed by atoms with Crippen molar-refractivity contribution in [1.82, 2.24) is 9.97 Å². The fourth-order valence-electron chi connectivity index (χ4n) is 3.19. The zero-order chi connectivity index (χ0) is 20.9. The van der Waals surface area contributed by atoms with Crippen LogP contribution in [0.4, 0.5) is 5.82 Å². The molecule has 1 amide bonds. The first-order valence-electron chi connectivity index (χ1n) is 9.27. The molecule has 0 radical (unpaired) electrons. The maximum Gasteiger partial charge on any atom is 0.236 e. The van der Waals surface area contributed by atoms with Crippen molar-refractivity contribution in [1.29, 1.82) is 0 Å². The molecule has 7 nitrogen and oxygen atoms in total. The van der Waals surface area contributed by atoms with Crippen LogP contribution in [0, 0.1) is 0 Å². The summed E-state index contributed by atoms with van der Waals surface area (Å²) in [4.78, 5) is 23.3. The van der Waals surface area contributed by atoms with E-state index < -0.39 is 21.5 Å². The van der Waals surface area contributed by atoms with Gasteiger partial charge in [0.2, 0.25) is 5.91 Å². The first kappa shape index (κ1) is 20.9. The highest BCUT2D eigenvalue weighted by atomic mass is 32.2. The van der Waals surface area contributed by atoms with E-state index in [1.165, 1.54) is 0 Å². The van der Waals surface area contributed by atoms with Gasteiger partial charge >= 0.3 is 0 Å². The number of rotatable bonds is 7. The maximum atomic E-state index is 13.1. The van der Waals surface area contributed by atoms with E-state index in [1.807, 2.05) is 31.3 Å². The molecule has 29 heavy (non-hydrogen) atoms. The highest BCUT2D eigenvalue weighted by Gasteiger charge is 2.45. The average Bonchev–Trinajstić information content (AvgIpc) is 2.77. The SMILES string of the molecule is C=CN(/C=C\C)c1cnc(-c2ccc(S(=O)C3(C(N)=O)CCOCC3)cc2)cn1. The summed E-state index contributed by atoms with van der Waals surface area (Å²) in [6, 6.07) is 7.14. The number of hydrogen-bond acceptors (Lipinski definition) is 6. The van der Waals surface area contributed by atoms with Crippen LogP contribution in [0.25, 0.3) is 11.3 Å². The Morgan fingerprint density at radius 2 is 1.93 bits per heavy atom. The van der Waals surface area contributed by atoms with Gasteiger partial charge in [0.25, 0.3) is 0 Å². The predicted molar refractivity (Wildman–Crippen MR) is 113 cm³/mol. The minimum atomic E-state index is -1.55. The number of benzene rings is 1. The van der Waals surface area contributed by atoms with E-state index >= 15 is 0 Å². The highest BCUT2D eigenvalue weighted by Crippen LogP contribution is 2.32. The van der Waals surface area contributed by atoms with E-state index in [1.54, 1.807) is 35.6 Å². The summed E-state index contributed by atoms with van der Waals surface area (Å²) < 4.78 is 17.4. The Morgan fingerprint density at radius 3 is 2.45 bits per heavy atom. The molecule has 3 rings (SSSR count). The molecular formula is C21H24N4O3S. The summed E-state index contributed by atoms with van der Waals surface area (Å²) >= 11 is 0. The standard InChI is InChI=1S/C21H24N4O3S/c1-3-11-25(4-2)19-15-23-18(14-24-19)16-5-7-17(8-6-16)29(27)21(20(22)26)9-12-28-13-10-21/h3-8,11,14-15H,2,9-10,12-13H2,1H3,(H2,22,26)/b11-3-. The number of amides is 1. The monoisotopic (exact) mass is 412 g/mol. The van der Waals surface area contributed by atoms with Gasteiger partial charge in [-0.25, -0.2) is 4.98 Å². The van der Waals surface area contributed by atoms with Crippen molar-refractivity contribution in [2.75, 3.05) is 18.1 Å². The molecule has 2 heterocycles. The van der Waals surface area contributed by atoms with Crippen molar-refractivity contribution in [3.63, 3.8) is 0 Å². The van der Waals surface area contributed by atoms with Crippen LogP contribution < -0.4 is 10.6 Å². The van der Waals surface area contributed by atoms with Crippen LogP contribution in [0.5, 0.6) is 0 Å². The van der Waals surface area contributed by atoms with Gasteiger partial charge < -0.3 is 15.4 Å². The third kappa shape index (κ3) is 4.28. The molecule has 0 bridgehead atoms. The fraction of sp³-hybridized carbons (Fsp3) is 0.286. The Kier molecular flexibility index (Phi) is 6.56. The van der Waals surface area contributed by atoms with Crippen molar-refractivity contribution in [2.45, 2.75) is 29.4 Å². The molecule has 0 saturated carbocycles. The van der Waals surface area contributed by atoms with Gasteiger partial charge in [-0.05, 0) is 31.9 Å². The van der Waals surface area contributed by atoms with E-state index in [2.05, 4.69) is 16.5 Å². The van der Waals surface area contributed by atoms with Crippen molar-refractivity contribution in [3.05, 3.63) is 61.7 Å². The van der Waals surface area contributed by atoms with Crippen molar-refractivity contribution < 1.29 is 13.7 Å². The fourth-order valence-corrected chi connectivity index (χ4v) is 4.75. The number of hydrogen-bond donors (Lipinski definition) is 1. The van der Waals surface area contributed by atoms with E-state index in [0.717, 1.165) is 5.56 Å². The summed E-state index contributed by atoms with van der Waals surface area (Å²) in [5, 5.41) is 0. The quantitative estimate of drug-likeness (QED) is 0.751. The topological polar surface area (TPSA) is 98.4 Å². The molecule has 8 heteroatoms. The number of anilines is 1. The van der Waals surface area contributed by atoms with Gasteiger partial charge in [0, 0.05) is 36.1 Å². The molecule has 1 atom stereocenters. The summed E-state index contributed by atoms with van der Waals surface area (Å²) in [5.74, 6) is 0.111. The normalized spacial score (nSPS) is 17.0. The summed E-state index contributed by atoms with van der Waals surface area (Å²) in [6.07, 6.45) is 9.42. The van der Waals surface area contributed by atoms with Crippen LogP contribution in [-0.4, -0.2) is 38.0 Å². The van der Waals surface area contributed by atoms with E-state index in [4.69, 9.17) is 10.5 Å².